The number of fused-ring (bicyclic) bond motifs is 4. The molecule has 1 fully saturated rings. The minimum absolute atomic E-state index is 0.0598. The molecule has 1 saturated heterocycles. The molecular formula is C46H49ClN8O8S. The molecule has 0 bridgehead atoms. The van der Waals surface area contributed by atoms with Crippen LogP contribution in [0.4, 0.5) is 11.4 Å². The summed E-state index contributed by atoms with van der Waals surface area (Å²) in [6, 6.07) is 19.0. The number of carbonyl (C=O) groups is 4. The fourth-order valence-corrected chi connectivity index (χ4v) is 9.26. The van der Waals surface area contributed by atoms with Gasteiger partial charge in [0.2, 0.25) is 17.7 Å². The Morgan fingerprint density at radius 2 is 1.61 bits per heavy atom. The van der Waals surface area contributed by atoms with Crippen LogP contribution in [0.15, 0.2) is 71.7 Å². The van der Waals surface area contributed by atoms with Crippen molar-refractivity contribution in [3.8, 4) is 10.8 Å². The lowest BCUT2D eigenvalue weighted by atomic mass is 9.99. The number of nitrogens with zero attached hydrogens (tertiary/aromatic N) is 5. The normalized spacial score (nSPS) is 16.7. The topological polar surface area (TPSA) is 188 Å². The number of hydrogen-bond acceptors (Lipinski definition) is 13. The fraction of sp³-hybridized carbons (Fsp3) is 0.370. The van der Waals surface area contributed by atoms with E-state index in [1.165, 1.54) is 9.78 Å². The van der Waals surface area contributed by atoms with E-state index < -0.39 is 18.0 Å². The zero-order valence-corrected chi connectivity index (χ0v) is 37.4. The van der Waals surface area contributed by atoms with E-state index in [0.717, 1.165) is 44.5 Å². The predicted molar refractivity (Wildman–Crippen MR) is 242 cm³/mol. The first kappa shape index (κ1) is 44.6. The Morgan fingerprint density at radius 1 is 0.891 bits per heavy atom. The number of hydrogen-bond donors (Lipinski definition) is 3. The zero-order chi connectivity index (χ0) is 44.7. The third-order valence-electron chi connectivity index (χ3n) is 11.3. The number of aromatic nitrogens is 3. The molecule has 0 spiro atoms. The van der Waals surface area contributed by atoms with Gasteiger partial charge >= 0.3 is 0 Å². The largest absolute Gasteiger partial charge is 0.491 e. The second-order valence-corrected chi connectivity index (χ2v) is 17.2. The third kappa shape index (κ3) is 10.0. The Hall–Kier alpha value is -5.98. The van der Waals surface area contributed by atoms with Gasteiger partial charge in [-0.05, 0) is 81.3 Å². The van der Waals surface area contributed by atoms with Crippen molar-refractivity contribution in [1.82, 2.24) is 25.0 Å². The minimum Gasteiger partial charge on any atom is -0.491 e. The van der Waals surface area contributed by atoms with Crippen LogP contribution in [-0.2, 0) is 35.1 Å². The van der Waals surface area contributed by atoms with Gasteiger partial charge in [0.1, 0.15) is 35.3 Å². The van der Waals surface area contributed by atoms with Gasteiger partial charge in [-0.1, -0.05) is 29.8 Å². The van der Waals surface area contributed by atoms with Gasteiger partial charge in [0, 0.05) is 63.0 Å². The fourth-order valence-electron chi connectivity index (χ4n) is 7.92. The van der Waals surface area contributed by atoms with Gasteiger partial charge in [0.05, 0.1) is 51.8 Å². The Kier molecular flexibility index (Phi) is 14.1. The maximum atomic E-state index is 13.5. The summed E-state index contributed by atoms with van der Waals surface area (Å²) in [7, 11) is 0. The van der Waals surface area contributed by atoms with Crippen LogP contribution in [0.3, 0.4) is 0 Å². The molecule has 334 valence electrons. The Labute approximate surface area is 379 Å². The predicted octanol–water partition coefficient (Wildman–Crippen LogP) is 6.13. The number of thiophene rings is 1. The number of rotatable bonds is 19. The molecule has 3 aromatic carbocycles. The van der Waals surface area contributed by atoms with Gasteiger partial charge in [-0.15, -0.1) is 21.5 Å². The summed E-state index contributed by atoms with van der Waals surface area (Å²) in [5.41, 5.74) is 6.66. The van der Waals surface area contributed by atoms with Gasteiger partial charge < -0.3 is 34.5 Å². The first-order chi connectivity index (χ1) is 31.0. The number of aliphatic imine (C=N–C) groups is 1. The Morgan fingerprint density at radius 3 is 2.34 bits per heavy atom. The highest BCUT2D eigenvalue weighted by Gasteiger charge is 2.40. The van der Waals surface area contributed by atoms with Crippen LogP contribution in [0.25, 0.3) is 5.00 Å². The monoisotopic (exact) mass is 908 g/mol. The summed E-state index contributed by atoms with van der Waals surface area (Å²) in [6.45, 7) is 9.70. The molecule has 3 aliphatic rings. The van der Waals surface area contributed by atoms with E-state index in [4.69, 9.17) is 35.5 Å². The lowest BCUT2D eigenvalue weighted by molar-refractivity contribution is -0.137. The van der Waals surface area contributed by atoms with E-state index in [9.17, 15) is 19.2 Å². The quantitative estimate of drug-likeness (QED) is 0.0639. The van der Waals surface area contributed by atoms with Gasteiger partial charge in [0.25, 0.3) is 5.91 Å². The van der Waals surface area contributed by atoms with Crippen molar-refractivity contribution in [2.24, 2.45) is 4.99 Å². The molecule has 0 aliphatic carbocycles. The lowest BCUT2D eigenvalue weighted by Crippen LogP contribution is -2.52. The van der Waals surface area contributed by atoms with Crippen LogP contribution in [0.5, 0.6) is 5.75 Å². The number of benzene rings is 3. The summed E-state index contributed by atoms with van der Waals surface area (Å²) < 4.78 is 24.8. The van der Waals surface area contributed by atoms with Gasteiger partial charge in [-0.25, -0.2) is 0 Å². The average molecular weight is 909 g/mol. The molecule has 0 radical (unpaired) electrons. The molecule has 3 N–H and O–H groups in total. The molecule has 4 amide bonds. The number of carbonyl (C=O) groups excluding carboxylic acids is 4. The second-order valence-electron chi connectivity index (χ2n) is 15.5. The number of aryl methyl sites for hydroxylation is 2. The molecule has 2 atom stereocenters. The van der Waals surface area contributed by atoms with Crippen LogP contribution in [-0.4, -0.2) is 108 Å². The first-order valence-electron chi connectivity index (χ1n) is 21.2. The van der Waals surface area contributed by atoms with E-state index in [1.807, 2.05) is 47.9 Å². The number of ether oxygens (including phenoxy) is 4. The Bertz CT molecular complexity index is 2560. The summed E-state index contributed by atoms with van der Waals surface area (Å²) in [6.07, 6.45) is 0.596. The van der Waals surface area contributed by atoms with Crippen molar-refractivity contribution in [1.29, 1.82) is 0 Å². The molecule has 1 unspecified atom stereocenters. The van der Waals surface area contributed by atoms with Gasteiger partial charge in [0.15, 0.2) is 5.82 Å². The molecule has 5 aromatic rings. The van der Waals surface area contributed by atoms with Crippen molar-refractivity contribution in [2.45, 2.75) is 58.7 Å². The third-order valence-corrected chi connectivity index (χ3v) is 12.7. The summed E-state index contributed by atoms with van der Waals surface area (Å²) >= 11 is 7.90. The average Bonchev–Trinajstić information content (AvgIpc) is 3.90. The van der Waals surface area contributed by atoms with Crippen LogP contribution < -0.4 is 20.7 Å². The van der Waals surface area contributed by atoms with E-state index in [2.05, 4.69) is 40.0 Å². The number of anilines is 2. The van der Waals surface area contributed by atoms with E-state index >= 15 is 0 Å². The molecule has 2 aromatic heterocycles. The van der Waals surface area contributed by atoms with Gasteiger partial charge in [-0.2, -0.15) is 0 Å². The molecule has 0 saturated carbocycles. The SMILES string of the molecule is Cc1sc2c(c1C)C(c1ccc(Cl)cc1)=N[C@H](CC(=O)Nc1ccc(OCCOCCOCCOCCNc3cccc4c3CN(C3CCC(=O)NC3=O)C4=O)cc1)c1nnc(C)n1-2. The highest BCUT2D eigenvalue weighted by molar-refractivity contribution is 7.15. The van der Waals surface area contributed by atoms with Crippen LogP contribution in [0.2, 0.25) is 5.02 Å². The summed E-state index contributed by atoms with van der Waals surface area (Å²) in [4.78, 5) is 58.4. The van der Waals surface area contributed by atoms with Crippen molar-refractivity contribution in [2.75, 3.05) is 63.4 Å². The van der Waals surface area contributed by atoms with E-state index in [1.54, 1.807) is 41.7 Å². The number of nitrogens with one attached hydrogen (secondary N) is 3. The van der Waals surface area contributed by atoms with Crippen LogP contribution in [0, 0.1) is 20.8 Å². The molecule has 8 rings (SSSR count). The zero-order valence-electron chi connectivity index (χ0n) is 35.8. The molecule has 16 nitrogen and oxygen atoms in total. The summed E-state index contributed by atoms with van der Waals surface area (Å²) in [5.74, 6) is 0.828. The number of halogens is 1. The molecule has 64 heavy (non-hydrogen) atoms. The van der Waals surface area contributed by atoms with Crippen LogP contribution >= 0.6 is 22.9 Å². The molecule has 18 heteroatoms. The smallest absolute Gasteiger partial charge is 0.255 e. The first-order valence-corrected chi connectivity index (χ1v) is 22.4. The Balaban J connectivity index is 0.712. The van der Waals surface area contributed by atoms with Crippen molar-refractivity contribution < 1.29 is 38.1 Å². The highest BCUT2D eigenvalue weighted by Crippen LogP contribution is 2.40. The van der Waals surface area contributed by atoms with Crippen molar-refractivity contribution >= 4 is 63.7 Å². The van der Waals surface area contributed by atoms with Crippen molar-refractivity contribution in [3.05, 3.63) is 116 Å². The van der Waals surface area contributed by atoms with Crippen LogP contribution in [0.1, 0.15) is 74.4 Å². The minimum atomic E-state index is -0.654. The molecular weight excluding hydrogens is 860 g/mol. The maximum absolute atomic E-state index is 13.5. The number of amides is 4. The van der Waals surface area contributed by atoms with Crippen molar-refractivity contribution in [3.63, 3.8) is 0 Å². The van der Waals surface area contributed by atoms with E-state index in [0.29, 0.717) is 93.6 Å². The summed E-state index contributed by atoms with van der Waals surface area (Å²) in [5, 5.41) is 19.2. The van der Waals surface area contributed by atoms with E-state index in [-0.39, 0.29) is 30.6 Å². The number of piperidine rings is 1. The molecule has 5 heterocycles. The second kappa shape index (κ2) is 20.2. The maximum Gasteiger partial charge on any atom is 0.255 e. The highest BCUT2D eigenvalue weighted by atomic mass is 35.5. The molecule has 3 aliphatic heterocycles. The lowest BCUT2D eigenvalue weighted by Gasteiger charge is -2.29. The number of imide groups is 1. The standard InChI is InChI=1S/C46H49ClN8O8S/c1-27-28(2)64-46-41(27)42(30-7-9-31(47)10-8-30)50-37(43-53-52-29(3)55(43)46)25-40(57)49-32-11-13-33(14-12-32)63-24-23-62-22-21-61-20-19-60-18-17-48-36-6-4-5-34-35(36)26-54(45(34)59)38-15-16-39(56)51-44(38)58/h4-14,37-38,48H,15-26H2,1-3H3,(H,49,57)(H,51,56,58)/t37-,38?/m1/s1. The van der Waals surface area contributed by atoms with Gasteiger partial charge in [-0.3, -0.25) is 34.1 Å².